The van der Waals surface area contributed by atoms with Crippen LogP contribution in [-0.4, -0.2) is 10.9 Å². The summed E-state index contributed by atoms with van der Waals surface area (Å²) in [5, 5.41) is 2.84. The van der Waals surface area contributed by atoms with Gasteiger partial charge in [0.25, 0.3) is 5.91 Å². The van der Waals surface area contributed by atoms with E-state index in [9.17, 15) is 9.18 Å². The van der Waals surface area contributed by atoms with Crippen molar-refractivity contribution in [3.63, 3.8) is 0 Å². The van der Waals surface area contributed by atoms with Gasteiger partial charge in [-0.05, 0) is 31.2 Å². The van der Waals surface area contributed by atoms with Gasteiger partial charge >= 0.3 is 0 Å². The molecule has 1 aromatic carbocycles. The van der Waals surface area contributed by atoms with Gasteiger partial charge in [-0.25, -0.2) is 9.37 Å². The van der Waals surface area contributed by atoms with E-state index < -0.39 is 11.7 Å². The predicted octanol–water partition coefficient (Wildman–Crippen LogP) is 3.02. The van der Waals surface area contributed by atoms with Crippen LogP contribution in [0, 0.1) is 12.7 Å². The summed E-state index contributed by atoms with van der Waals surface area (Å²) in [6.45, 7) is 1.55. The number of carbonyl (C=O) groups is 1. The van der Waals surface area contributed by atoms with Crippen molar-refractivity contribution in [1.82, 2.24) is 4.98 Å². The Kier molecular flexibility index (Phi) is 3.66. The number of nitrogens with zero attached hydrogens (tertiary/aromatic N) is 1. The smallest absolute Gasteiger partial charge is 0.255 e. The first kappa shape index (κ1) is 13.3. The molecule has 4 nitrogen and oxygen atoms in total. The van der Waals surface area contributed by atoms with E-state index in [1.807, 2.05) is 0 Å². The van der Waals surface area contributed by atoms with Gasteiger partial charge in [0.15, 0.2) is 0 Å². The standard InChI is InChI=1S/C13H11ClFN3O/c1-7-10(15)4-8(5-11(7)16)13(19)18-9-2-3-17-12(14)6-9/h2-6H,16H2,1H3,(H,17,18,19). The highest BCUT2D eigenvalue weighted by Gasteiger charge is 2.11. The summed E-state index contributed by atoms with van der Waals surface area (Å²) in [5.74, 6) is -0.981. The van der Waals surface area contributed by atoms with Crippen molar-refractivity contribution < 1.29 is 9.18 Å². The van der Waals surface area contributed by atoms with E-state index in [-0.39, 0.29) is 16.4 Å². The van der Waals surface area contributed by atoms with Crippen LogP contribution in [0.15, 0.2) is 30.5 Å². The number of carbonyl (C=O) groups excluding carboxylic acids is 1. The van der Waals surface area contributed by atoms with Crippen LogP contribution in [0.5, 0.6) is 0 Å². The molecule has 6 heteroatoms. The third-order valence-corrected chi connectivity index (χ3v) is 2.84. The topological polar surface area (TPSA) is 68.0 Å². The third kappa shape index (κ3) is 3.00. The second-order valence-corrected chi connectivity index (χ2v) is 4.38. The number of aromatic nitrogens is 1. The van der Waals surface area contributed by atoms with Crippen molar-refractivity contribution in [2.24, 2.45) is 0 Å². The molecule has 0 spiro atoms. The largest absolute Gasteiger partial charge is 0.398 e. The van der Waals surface area contributed by atoms with Crippen molar-refractivity contribution in [3.8, 4) is 0 Å². The monoisotopic (exact) mass is 279 g/mol. The van der Waals surface area contributed by atoms with Gasteiger partial charge in [-0.1, -0.05) is 11.6 Å². The number of amides is 1. The number of pyridine rings is 1. The van der Waals surface area contributed by atoms with Crippen molar-refractivity contribution in [1.29, 1.82) is 0 Å². The molecule has 1 heterocycles. The van der Waals surface area contributed by atoms with Crippen LogP contribution >= 0.6 is 11.6 Å². The lowest BCUT2D eigenvalue weighted by atomic mass is 10.1. The zero-order valence-corrected chi connectivity index (χ0v) is 10.8. The molecule has 1 aromatic heterocycles. The first-order valence-corrected chi connectivity index (χ1v) is 5.83. The van der Waals surface area contributed by atoms with E-state index >= 15 is 0 Å². The van der Waals surface area contributed by atoms with Crippen molar-refractivity contribution >= 4 is 28.9 Å². The maximum absolute atomic E-state index is 13.5. The number of benzene rings is 1. The molecule has 0 aliphatic heterocycles. The number of halogens is 2. The van der Waals surface area contributed by atoms with Gasteiger partial charge in [0.1, 0.15) is 11.0 Å². The van der Waals surface area contributed by atoms with Crippen LogP contribution in [0.25, 0.3) is 0 Å². The number of nitrogen functional groups attached to an aromatic ring is 1. The number of anilines is 2. The molecule has 0 saturated carbocycles. The Bertz CT molecular complexity index is 623. The first-order chi connectivity index (χ1) is 8.97. The van der Waals surface area contributed by atoms with Crippen molar-refractivity contribution in [3.05, 3.63) is 52.6 Å². The van der Waals surface area contributed by atoms with Gasteiger partial charge in [-0.3, -0.25) is 4.79 Å². The number of rotatable bonds is 2. The summed E-state index contributed by atoms with van der Waals surface area (Å²) in [4.78, 5) is 15.7. The molecule has 2 aromatic rings. The molecule has 0 atom stereocenters. The highest BCUT2D eigenvalue weighted by Crippen LogP contribution is 2.19. The first-order valence-electron chi connectivity index (χ1n) is 5.46. The summed E-state index contributed by atoms with van der Waals surface area (Å²) in [6.07, 6.45) is 1.46. The fourth-order valence-electron chi connectivity index (χ4n) is 1.51. The molecule has 1 amide bonds. The third-order valence-electron chi connectivity index (χ3n) is 2.63. The van der Waals surface area contributed by atoms with Crippen LogP contribution in [-0.2, 0) is 0 Å². The number of nitrogens with two attached hydrogens (primary N) is 1. The molecule has 98 valence electrons. The zero-order chi connectivity index (χ0) is 14.0. The molecule has 19 heavy (non-hydrogen) atoms. The highest BCUT2D eigenvalue weighted by atomic mass is 35.5. The van der Waals surface area contributed by atoms with Gasteiger partial charge in [-0.2, -0.15) is 0 Å². The van der Waals surface area contributed by atoms with Crippen LogP contribution in [0.2, 0.25) is 5.15 Å². The Balaban J connectivity index is 2.25. The summed E-state index contributed by atoms with van der Waals surface area (Å²) < 4.78 is 13.5. The minimum atomic E-state index is -0.516. The predicted molar refractivity (Wildman–Crippen MR) is 72.7 cm³/mol. The Morgan fingerprint density at radius 1 is 1.42 bits per heavy atom. The fourth-order valence-corrected chi connectivity index (χ4v) is 1.69. The van der Waals surface area contributed by atoms with Crippen LogP contribution < -0.4 is 11.1 Å². The van der Waals surface area contributed by atoms with Gasteiger partial charge in [0.05, 0.1) is 0 Å². The molecule has 0 radical (unpaired) electrons. The minimum Gasteiger partial charge on any atom is -0.398 e. The number of hydrogen-bond donors (Lipinski definition) is 2. The van der Waals surface area contributed by atoms with Crippen LogP contribution in [0.1, 0.15) is 15.9 Å². The quantitative estimate of drug-likeness (QED) is 0.656. The minimum absolute atomic E-state index is 0.147. The SMILES string of the molecule is Cc1c(N)cc(C(=O)Nc2ccnc(Cl)c2)cc1F. The lowest BCUT2D eigenvalue weighted by Gasteiger charge is -2.08. The van der Waals surface area contributed by atoms with Gasteiger partial charge in [0, 0.05) is 28.7 Å². The van der Waals surface area contributed by atoms with E-state index in [2.05, 4.69) is 10.3 Å². The summed E-state index contributed by atoms with van der Waals surface area (Å²) >= 11 is 5.70. The lowest BCUT2D eigenvalue weighted by molar-refractivity contribution is 0.102. The van der Waals surface area contributed by atoms with E-state index in [4.69, 9.17) is 17.3 Å². The summed E-state index contributed by atoms with van der Waals surface area (Å²) in [5.41, 5.74) is 6.81. The summed E-state index contributed by atoms with van der Waals surface area (Å²) in [7, 11) is 0. The molecule has 0 saturated heterocycles. The Hall–Kier alpha value is -2.14. The van der Waals surface area contributed by atoms with E-state index in [1.54, 1.807) is 13.0 Å². The summed E-state index contributed by atoms with van der Waals surface area (Å²) in [6, 6.07) is 5.64. The molecule has 0 unspecified atom stereocenters. The molecule has 2 rings (SSSR count). The number of hydrogen-bond acceptors (Lipinski definition) is 3. The fraction of sp³-hybridized carbons (Fsp3) is 0.0769. The maximum atomic E-state index is 13.5. The normalized spacial score (nSPS) is 10.3. The average molecular weight is 280 g/mol. The molecule has 0 bridgehead atoms. The van der Waals surface area contributed by atoms with Crippen molar-refractivity contribution in [2.45, 2.75) is 6.92 Å². The van der Waals surface area contributed by atoms with Gasteiger partial charge < -0.3 is 11.1 Å². The second-order valence-electron chi connectivity index (χ2n) is 3.99. The van der Waals surface area contributed by atoms with Crippen LogP contribution in [0.3, 0.4) is 0 Å². The van der Waals surface area contributed by atoms with Crippen molar-refractivity contribution in [2.75, 3.05) is 11.1 Å². The average Bonchev–Trinajstić information content (AvgIpc) is 2.35. The molecular weight excluding hydrogens is 269 g/mol. The Morgan fingerprint density at radius 3 is 2.79 bits per heavy atom. The molecular formula is C13H11ClFN3O. The van der Waals surface area contributed by atoms with Gasteiger partial charge in [0.2, 0.25) is 0 Å². The Morgan fingerprint density at radius 2 is 2.16 bits per heavy atom. The second kappa shape index (κ2) is 5.24. The van der Waals surface area contributed by atoms with E-state index in [0.29, 0.717) is 11.3 Å². The highest BCUT2D eigenvalue weighted by molar-refractivity contribution is 6.29. The molecule has 3 N–H and O–H groups in total. The Labute approximate surface area is 114 Å². The van der Waals surface area contributed by atoms with Gasteiger partial charge in [-0.15, -0.1) is 0 Å². The number of nitrogens with one attached hydrogen (secondary N) is 1. The van der Waals surface area contributed by atoms with Crippen LogP contribution in [0.4, 0.5) is 15.8 Å². The molecule has 0 aliphatic carbocycles. The lowest BCUT2D eigenvalue weighted by Crippen LogP contribution is -2.13. The molecule has 0 aliphatic rings. The maximum Gasteiger partial charge on any atom is 0.255 e. The van der Waals surface area contributed by atoms with E-state index in [1.165, 1.54) is 18.3 Å². The van der Waals surface area contributed by atoms with E-state index in [0.717, 1.165) is 6.07 Å². The molecule has 0 fully saturated rings. The zero-order valence-electron chi connectivity index (χ0n) is 10.1.